The van der Waals surface area contributed by atoms with Gasteiger partial charge in [-0.1, -0.05) is 0 Å². The van der Waals surface area contributed by atoms with Gasteiger partial charge in [-0.15, -0.1) is 0 Å². The van der Waals surface area contributed by atoms with Crippen molar-refractivity contribution in [3.05, 3.63) is 18.6 Å². The Morgan fingerprint density at radius 2 is 1.87 bits per heavy atom. The lowest BCUT2D eigenvalue weighted by atomic mass is 9.86. The molecular weight excluding hydrogens is 426 g/mol. The first-order valence-electron chi connectivity index (χ1n) is 10.3. The van der Waals surface area contributed by atoms with E-state index in [1.807, 2.05) is 19.3 Å². The van der Waals surface area contributed by atoms with Gasteiger partial charge < -0.3 is 9.88 Å². The topological polar surface area (TPSA) is 116 Å². The van der Waals surface area contributed by atoms with E-state index >= 15 is 0 Å². The van der Waals surface area contributed by atoms with Crippen molar-refractivity contribution >= 4 is 36.7 Å². The molecule has 0 unspecified atom stereocenters. The zero-order valence-corrected chi connectivity index (χ0v) is 19.0. The summed E-state index contributed by atoms with van der Waals surface area (Å²) in [5.41, 5.74) is 0.810. The molecule has 0 spiro atoms. The van der Waals surface area contributed by atoms with Crippen molar-refractivity contribution in [3.63, 3.8) is 0 Å². The molecule has 1 saturated carbocycles. The third-order valence-electron chi connectivity index (χ3n) is 6.58. The molecule has 9 nitrogen and oxygen atoms in total. The molecule has 3 heterocycles. The van der Waals surface area contributed by atoms with Crippen LogP contribution in [0.3, 0.4) is 0 Å². The molecule has 1 aliphatic heterocycles. The number of rotatable bonds is 6. The smallest absolute Gasteiger partial charge is 0.214 e. The highest BCUT2D eigenvalue weighted by Gasteiger charge is 2.38. The number of sulfonamides is 1. The van der Waals surface area contributed by atoms with Crippen molar-refractivity contribution in [3.8, 4) is 0 Å². The van der Waals surface area contributed by atoms with E-state index in [9.17, 15) is 16.8 Å². The van der Waals surface area contributed by atoms with Crippen LogP contribution in [0, 0.1) is 5.92 Å². The molecule has 4 rings (SSSR count). The number of anilines is 1. The Balaban J connectivity index is 1.35. The largest absolute Gasteiger partial charge is 0.356 e. The van der Waals surface area contributed by atoms with Crippen molar-refractivity contribution in [1.82, 2.24) is 19.3 Å². The van der Waals surface area contributed by atoms with Crippen LogP contribution in [-0.4, -0.2) is 79.5 Å². The Morgan fingerprint density at radius 3 is 2.53 bits per heavy atom. The molecule has 11 heteroatoms. The number of aromatic amines is 1. The van der Waals surface area contributed by atoms with Crippen molar-refractivity contribution in [2.45, 2.75) is 43.4 Å². The van der Waals surface area contributed by atoms with Crippen molar-refractivity contribution in [2.75, 3.05) is 37.0 Å². The lowest BCUT2D eigenvalue weighted by Crippen LogP contribution is -2.39. The molecule has 1 atom stereocenters. The minimum Gasteiger partial charge on any atom is -0.356 e. The second-order valence-electron chi connectivity index (χ2n) is 8.60. The fourth-order valence-corrected chi connectivity index (χ4v) is 7.72. The summed E-state index contributed by atoms with van der Waals surface area (Å²) in [6.45, 7) is 0.401. The second kappa shape index (κ2) is 8.08. The molecule has 1 aliphatic carbocycles. The van der Waals surface area contributed by atoms with Gasteiger partial charge in [-0.3, -0.25) is 0 Å². The predicted molar refractivity (Wildman–Crippen MR) is 117 cm³/mol. The second-order valence-corrected chi connectivity index (χ2v) is 12.9. The van der Waals surface area contributed by atoms with Crippen LogP contribution >= 0.6 is 0 Å². The van der Waals surface area contributed by atoms with Gasteiger partial charge >= 0.3 is 0 Å². The molecule has 2 fully saturated rings. The first kappa shape index (κ1) is 21.5. The summed E-state index contributed by atoms with van der Waals surface area (Å²) in [6.07, 6.45) is 8.45. The number of hydrogen-bond acceptors (Lipinski definition) is 7. The number of nitrogens with one attached hydrogen (secondary N) is 1. The van der Waals surface area contributed by atoms with E-state index in [2.05, 4.69) is 19.9 Å². The highest BCUT2D eigenvalue weighted by Crippen LogP contribution is 2.33. The van der Waals surface area contributed by atoms with Gasteiger partial charge in [0.05, 0.1) is 16.4 Å². The van der Waals surface area contributed by atoms with Gasteiger partial charge in [-0.05, 0) is 44.1 Å². The summed E-state index contributed by atoms with van der Waals surface area (Å²) in [5.74, 6) is 1.10. The number of nitrogens with zero attached hydrogens (tertiary/aromatic N) is 4. The molecule has 30 heavy (non-hydrogen) atoms. The maximum atomic E-state index is 12.8. The van der Waals surface area contributed by atoms with Crippen molar-refractivity contribution < 1.29 is 16.8 Å². The van der Waals surface area contributed by atoms with Gasteiger partial charge in [0.15, 0.2) is 9.84 Å². The number of H-pyrrole nitrogens is 1. The van der Waals surface area contributed by atoms with Crippen LogP contribution in [0.15, 0.2) is 18.6 Å². The predicted octanol–water partition coefficient (Wildman–Crippen LogP) is 1.40. The van der Waals surface area contributed by atoms with E-state index < -0.39 is 25.1 Å². The van der Waals surface area contributed by atoms with Crippen molar-refractivity contribution in [2.24, 2.45) is 5.92 Å². The monoisotopic (exact) mass is 455 g/mol. The molecule has 0 aromatic carbocycles. The Morgan fingerprint density at radius 1 is 1.13 bits per heavy atom. The molecule has 2 aliphatic rings. The van der Waals surface area contributed by atoms with Crippen LogP contribution < -0.4 is 4.90 Å². The SMILES string of the molecule is CN(c1ncnc2[nH]ccc12)[C@H]1CC[C@H](CS(=O)(=O)N2CC[C@H](S(C)(=O)=O)C2)CC1. The van der Waals surface area contributed by atoms with E-state index in [-0.39, 0.29) is 18.2 Å². The van der Waals surface area contributed by atoms with Gasteiger partial charge in [-0.2, -0.15) is 0 Å². The molecule has 166 valence electrons. The summed E-state index contributed by atoms with van der Waals surface area (Å²) in [6, 6.07) is 2.28. The molecular formula is C19H29N5O4S2. The standard InChI is InChI=1S/C19H29N5O4S2/c1-23(19-17-7-9-20-18(17)21-13-22-19)15-5-3-14(4-6-15)12-30(27,28)24-10-8-16(11-24)29(2,25)26/h7,9,13-16H,3-6,8,10-12H2,1-2H3,(H,20,21,22)/t14-,15-,16-/m0/s1. The lowest BCUT2D eigenvalue weighted by molar-refractivity contribution is 0.336. The summed E-state index contributed by atoms with van der Waals surface area (Å²) >= 11 is 0. The third-order valence-corrected chi connectivity index (χ3v) is 10.2. The summed E-state index contributed by atoms with van der Waals surface area (Å²) in [4.78, 5) is 14.0. The number of aromatic nitrogens is 3. The summed E-state index contributed by atoms with van der Waals surface area (Å²) in [5, 5.41) is 0.411. The first-order valence-corrected chi connectivity index (χ1v) is 13.9. The van der Waals surface area contributed by atoms with Crippen LogP contribution in [0.25, 0.3) is 11.0 Å². The van der Waals surface area contributed by atoms with E-state index in [1.54, 1.807) is 6.33 Å². The Kier molecular flexibility index (Phi) is 5.80. The fourth-order valence-electron chi connectivity index (χ4n) is 4.71. The number of fused-ring (bicyclic) bond motifs is 1. The first-order chi connectivity index (χ1) is 14.1. The zero-order chi connectivity index (χ0) is 21.5. The van der Waals surface area contributed by atoms with E-state index in [0.29, 0.717) is 19.0 Å². The molecule has 0 amide bonds. The maximum Gasteiger partial charge on any atom is 0.214 e. The van der Waals surface area contributed by atoms with Crippen LogP contribution in [-0.2, 0) is 19.9 Å². The highest BCUT2D eigenvalue weighted by molar-refractivity contribution is 7.91. The molecule has 2 aromatic rings. The minimum absolute atomic E-state index is 0.0969. The van der Waals surface area contributed by atoms with Crippen LogP contribution in [0.5, 0.6) is 0 Å². The van der Waals surface area contributed by atoms with E-state index in [0.717, 1.165) is 42.5 Å². The minimum atomic E-state index is -3.43. The van der Waals surface area contributed by atoms with Crippen LogP contribution in [0.4, 0.5) is 5.82 Å². The van der Waals surface area contributed by atoms with Crippen LogP contribution in [0.1, 0.15) is 32.1 Å². The normalized spacial score (nSPS) is 26.3. The van der Waals surface area contributed by atoms with Crippen LogP contribution in [0.2, 0.25) is 0 Å². The zero-order valence-electron chi connectivity index (χ0n) is 17.4. The summed E-state index contributed by atoms with van der Waals surface area (Å²) < 4.78 is 50.5. The molecule has 0 bridgehead atoms. The Hall–Kier alpha value is -1.72. The molecule has 1 saturated heterocycles. The number of hydrogen-bond donors (Lipinski definition) is 1. The third kappa shape index (κ3) is 4.33. The average Bonchev–Trinajstić information content (AvgIpc) is 3.37. The Bertz CT molecular complexity index is 1110. The molecule has 0 radical (unpaired) electrons. The number of sulfone groups is 1. The highest BCUT2D eigenvalue weighted by atomic mass is 32.2. The maximum absolute atomic E-state index is 12.8. The van der Waals surface area contributed by atoms with Crippen molar-refractivity contribution in [1.29, 1.82) is 0 Å². The van der Waals surface area contributed by atoms with E-state index in [1.165, 1.54) is 10.6 Å². The summed E-state index contributed by atoms with van der Waals surface area (Å²) in [7, 11) is -4.61. The van der Waals surface area contributed by atoms with Gasteiger partial charge in [0.2, 0.25) is 10.0 Å². The van der Waals surface area contributed by atoms with Gasteiger partial charge in [-0.25, -0.2) is 31.1 Å². The van der Waals surface area contributed by atoms with E-state index in [4.69, 9.17) is 0 Å². The fraction of sp³-hybridized carbons (Fsp3) is 0.684. The molecule has 1 N–H and O–H groups in total. The Labute approximate surface area is 177 Å². The average molecular weight is 456 g/mol. The quantitative estimate of drug-likeness (QED) is 0.700. The molecule has 2 aromatic heterocycles. The van der Waals surface area contributed by atoms with Gasteiger partial charge in [0.1, 0.15) is 17.8 Å². The lowest BCUT2D eigenvalue weighted by Gasteiger charge is -2.35. The van der Waals surface area contributed by atoms with Gasteiger partial charge in [0, 0.05) is 38.6 Å². The van der Waals surface area contributed by atoms with Gasteiger partial charge in [0.25, 0.3) is 0 Å².